The van der Waals surface area contributed by atoms with Crippen LogP contribution < -0.4 is 4.90 Å². The number of para-hydroxylation sites is 1. The first kappa shape index (κ1) is 25.9. The highest BCUT2D eigenvalue weighted by molar-refractivity contribution is 6.18. The number of hydrogen-bond acceptors (Lipinski definition) is 4. The lowest BCUT2D eigenvalue weighted by Gasteiger charge is -2.34. The van der Waals surface area contributed by atoms with E-state index < -0.39 is 0 Å². The Balaban J connectivity index is 1.25. The standard InChI is InChI=1S/C43H26N4/c1-2-12-29-26-40-35(25-28(29)11-1)32-18-7-13-27-14-8-23-39(41(27)32)47(40)38-22-10-16-30-31(38)17-9-19-33(30)43-45-36-20-4-3-15-34(36)42(46-43)37-21-5-6-24-44-37/h1-26H. The number of pyridine rings is 1. The maximum absolute atomic E-state index is 5.18. The molecule has 4 nitrogen and oxygen atoms in total. The molecule has 0 bridgehead atoms. The summed E-state index contributed by atoms with van der Waals surface area (Å²) in [6.07, 6.45) is 1.81. The number of benzene rings is 7. The van der Waals surface area contributed by atoms with Gasteiger partial charge in [-0.3, -0.25) is 4.98 Å². The van der Waals surface area contributed by atoms with Gasteiger partial charge in [-0.05, 0) is 69.6 Å². The van der Waals surface area contributed by atoms with Crippen molar-refractivity contribution in [2.45, 2.75) is 0 Å². The summed E-state index contributed by atoms with van der Waals surface area (Å²) in [5.74, 6) is 0.685. The van der Waals surface area contributed by atoms with Gasteiger partial charge in [-0.25, -0.2) is 9.97 Å². The smallest absolute Gasteiger partial charge is 0.161 e. The van der Waals surface area contributed by atoms with Crippen molar-refractivity contribution in [3.05, 3.63) is 158 Å². The summed E-state index contributed by atoms with van der Waals surface area (Å²) in [7, 11) is 0. The monoisotopic (exact) mass is 598 g/mol. The highest BCUT2D eigenvalue weighted by Gasteiger charge is 2.27. The van der Waals surface area contributed by atoms with Gasteiger partial charge in [0.2, 0.25) is 0 Å². The van der Waals surface area contributed by atoms with Crippen molar-refractivity contribution in [3.8, 4) is 33.9 Å². The Kier molecular flexibility index (Phi) is 5.54. The van der Waals surface area contributed by atoms with E-state index in [1.807, 2.05) is 36.5 Å². The Morgan fingerprint density at radius 3 is 2.00 bits per heavy atom. The number of anilines is 3. The number of aromatic nitrogens is 3. The highest BCUT2D eigenvalue weighted by Crippen LogP contribution is 2.53. The van der Waals surface area contributed by atoms with Crippen LogP contribution >= 0.6 is 0 Å². The summed E-state index contributed by atoms with van der Waals surface area (Å²) in [6.45, 7) is 0. The van der Waals surface area contributed by atoms with E-state index in [1.165, 1.54) is 44.0 Å². The fourth-order valence-corrected chi connectivity index (χ4v) is 7.33. The molecule has 0 unspecified atom stereocenters. The van der Waals surface area contributed by atoms with Gasteiger partial charge in [0, 0.05) is 33.5 Å². The number of hydrogen-bond donors (Lipinski definition) is 0. The predicted octanol–water partition coefficient (Wildman–Crippen LogP) is 11.3. The Labute approximate surface area is 271 Å². The molecule has 47 heavy (non-hydrogen) atoms. The second kappa shape index (κ2) is 10.1. The van der Waals surface area contributed by atoms with E-state index >= 15 is 0 Å². The molecule has 218 valence electrons. The van der Waals surface area contributed by atoms with Crippen LogP contribution in [-0.4, -0.2) is 15.0 Å². The zero-order valence-electron chi connectivity index (χ0n) is 25.3. The third-order valence-electron chi connectivity index (χ3n) is 9.41. The van der Waals surface area contributed by atoms with Gasteiger partial charge in [-0.15, -0.1) is 0 Å². The van der Waals surface area contributed by atoms with E-state index in [0.717, 1.165) is 44.3 Å². The fourth-order valence-electron chi connectivity index (χ4n) is 7.33. The van der Waals surface area contributed by atoms with Gasteiger partial charge < -0.3 is 4.90 Å². The molecule has 0 amide bonds. The molecule has 7 aromatic carbocycles. The summed E-state index contributed by atoms with van der Waals surface area (Å²) in [5.41, 5.74) is 9.52. The van der Waals surface area contributed by atoms with Crippen LogP contribution in [0.3, 0.4) is 0 Å². The lowest BCUT2D eigenvalue weighted by atomic mass is 9.88. The van der Waals surface area contributed by atoms with Crippen LogP contribution in [-0.2, 0) is 0 Å². The molecule has 9 aromatic rings. The largest absolute Gasteiger partial charge is 0.309 e. The topological polar surface area (TPSA) is 41.9 Å². The molecule has 0 atom stereocenters. The minimum atomic E-state index is 0.685. The van der Waals surface area contributed by atoms with Gasteiger partial charge in [-0.1, -0.05) is 109 Å². The zero-order valence-corrected chi connectivity index (χ0v) is 25.3. The molecule has 1 aliphatic heterocycles. The SMILES string of the molecule is c1ccc(-c2nc(-c3cccc4c(N5c6cc7ccccc7cc6-c6cccc7cccc5c67)cccc34)nc3ccccc23)nc1. The molecule has 0 N–H and O–H groups in total. The molecule has 0 radical (unpaired) electrons. The first-order valence-electron chi connectivity index (χ1n) is 15.9. The summed E-state index contributed by atoms with van der Waals surface area (Å²) < 4.78 is 0. The molecule has 1 aliphatic rings. The van der Waals surface area contributed by atoms with Gasteiger partial charge in [0.1, 0.15) is 5.69 Å². The maximum atomic E-state index is 5.18. The van der Waals surface area contributed by atoms with Crippen molar-refractivity contribution < 1.29 is 0 Å². The third kappa shape index (κ3) is 3.92. The lowest BCUT2D eigenvalue weighted by Crippen LogP contribution is -2.15. The maximum Gasteiger partial charge on any atom is 0.161 e. The summed E-state index contributed by atoms with van der Waals surface area (Å²) in [5, 5.41) is 8.17. The predicted molar refractivity (Wildman–Crippen MR) is 194 cm³/mol. The molecule has 3 heterocycles. The molecule has 10 rings (SSSR count). The first-order valence-corrected chi connectivity index (χ1v) is 15.9. The molecule has 0 aliphatic carbocycles. The second-order valence-corrected chi connectivity index (χ2v) is 12.0. The third-order valence-corrected chi connectivity index (χ3v) is 9.41. The Hall–Kier alpha value is -6.39. The van der Waals surface area contributed by atoms with Crippen LogP contribution in [0, 0.1) is 0 Å². The van der Waals surface area contributed by atoms with Gasteiger partial charge in [0.25, 0.3) is 0 Å². The highest BCUT2D eigenvalue weighted by atomic mass is 15.2. The lowest BCUT2D eigenvalue weighted by molar-refractivity contribution is 1.20. The van der Waals surface area contributed by atoms with Crippen LogP contribution in [0.5, 0.6) is 0 Å². The Morgan fingerprint density at radius 1 is 0.426 bits per heavy atom. The molecular weight excluding hydrogens is 573 g/mol. The van der Waals surface area contributed by atoms with Gasteiger partial charge >= 0.3 is 0 Å². The molecule has 0 saturated carbocycles. The van der Waals surface area contributed by atoms with Gasteiger partial charge in [0.15, 0.2) is 5.82 Å². The number of rotatable bonds is 3. The van der Waals surface area contributed by atoms with Gasteiger partial charge in [-0.2, -0.15) is 0 Å². The minimum absolute atomic E-state index is 0.685. The molecule has 2 aromatic heterocycles. The van der Waals surface area contributed by atoms with Crippen molar-refractivity contribution in [2.75, 3.05) is 4.90 Å². The molecule has 0 saturated heterocycles. The van der Waals surface area contributed by atoms with Crippen LogP contribution in [0.25, 0.3) is 77.1 Å². The number of nitrogens with zero attached hydrogens (tertiary/aromatic N) is 4. The molecular formula is C43H26N4. The summed E-state index contributed by atoms with van der Waals surface area (Å²) in [6, 6.07) is 53.8. The van der Waals surface area contributed by atoms with Crippen molar-refractivity contribution in [2.24, 2.45) is 0 Å². The average molecular weight is 599 g/mol. The molecule has 4 heteroatoms. The van der Waals surface area contributed by atoms with Crippen molar-refractivity contribution in [1.29, 1.82) is 0 Å². The van der Waals surface area contributed by atoms with E-state index in [0.29, 0.717) is 5.82 Å². The first-order chi connectivity index (χ1) is 23.3. The Morgan fingerprint density at radius 2 is 1.11 bits per heavy atom. The molecule has 0 spiro atoms. The second-order valence-electron chi connectivity index (χ2n) is 12.0. The summed E-state index contributed by atoms with van der Waals surface area (Å²) in [4.78, 5) is 17.4. The van der Waals surface area contributed by atoms with Crippen LogP contribution in [0.15, 0.2) is 158 Å². The van der Waals surface area contributed by atoms with E-state index in [2.05, 4.69) is 131 Å². The zero-order chi connectivity index (χ0) is 30.9. The van der Waals surface area contributed by atoms with Crippen LogP contribution in [0.2, 0.25) is 0 Å². The summed E-state index contributed by atoms with van der Waals surface area (Å²) >= 11 is 0. The van der Waals surface area contributed by atoms with E-state index in [-0.39, 0.29) is 0 Å². The quantitative estimate of drug-likeness (QED) is 0.203. The minimum Gasteiger partial charge on any atom is -0.309 e. The van der Waals surface area contributed by atoms with Crippen molar-refractivity contribution >= 4 is 60.3 Å². The average Bonchev–Trinajstić information content (AvgIpc) is 3.14. The van der Waals surface area contributed by atoms with Crippen LogP contribution in [0.1, 0.15) is 0 Å². The normalized spacial score (nSPS) is 12.2. The van der Waals surface area contributed by atoms with E-state index in [9.17, 15) is 0 Å². The van der Waals surface area contributed by atoms with Crippen LogP contribution in [0.4, 0.5) is 17.1 Å². The van der Waals surface area contributed by atoms with E-state index in [1.54, 1.807) is 0 Å². The Bertz CT molecular complexity index is 2690. The van der Waals surface area contributed by atoms with Crippen molar-refractivity contribution in [1.82, 2.24) is 15.0 Å². The van der Waals surface area contributed by atoms with Crippen molar-refractivity contribution in [3.63, 3.8) is 0 Å². The fraction of sp³-hybridized carbons (Fsp3) is 0. The number of fused-ring (bicyclic) bond motifs is 5. The molecule has 0 fully saturated rings. The van der Waals surface area contributed by atoms with E-state index in [4.69, 9.17) is 9.97 Å². The van der Waals surface area contributed by atoms with Gasteiger partial charge in [0.05, 0.1) is 28.3 Å².